The normalized spacial score (nSPS) is 16.7. The second-order valence-corrected chi connectivity index (χ2v) is 8.87. The van der Waals surface area contributed by atoms with E-state index in [1.807, 2.05) is 46.2 Å². The lowest BCUT2D eigenvalue weighted by molar-refractivity contribution is 0.0438. The van der Waals surface area contributed by atoms with Gasteiger partial charge in [0.15, 0.2) is 11.5 Å². The van der Waals surface area contributed by atoms with Crippen LogP contribution in [-0.4, -0.2) is 92.5 Å². The number of carbonyl (C=O) groups excluding carboxylic acids is 1. The zero-order chi connectivity index (χ0) is 25.1. The average Bonchev–Trinajstić information content (AvgIpc) is 3.19. The molecule has 2 fully saturated rings. The van der Waals surface area contributed by atoms with Crippen LogP contribution >= 0.6 is 0 Å². The molecule has 2 saturated heterocycles. The summed E-state index contributed by atoms with van der Waals surface area (Å²) < 4.78 is 16.8. The molecular weight excluding hydrogens is 460 g/mol. The first-order valence-corrected chi connectivity index (χ1v) is 12.2. The molecular formula is C26H32N6O4. The number of ether oxygens (including phenoxy) is 3. The van der Waals surface area contributed by atoms with Gasteiger partial charge >= 0.3 is 6.03 Å². The van der Waals surface area contributed by atoms with Crippen LogP contribution in [-0.2, 0) is 4.74 Å². The van der Waals surface area contributed by atoms with Gasteiger partial charge in [-0.1, -0.05) is 30.3 Å². The van der Waals surface area contributed by atoms with Gasteiger partial charge in [0, 0.05) is 50.9 Å². The third kappa shape index (κ3) is 4.56. The molecule has 0 unspecified atom stereocenters. The van der Waals surface area contributed by atoms with Crippen LogP contribution in [0.15, 0.2) is 36.4 Å². The quantitative estimate of drug-likeness (QED) is 0.593. The van der Waals surface area contributed by atoms with Gasteiger partial charge in [-0.25, -0.2) is 9.78 Å². The second-order valence-electron chi connectivity index (χ2n) is 8.87. The average molecular weight is 493 g/mol. The molecule has 5 rings (SSSR count). The van der Waals surface area contributed by atoms with Crippen LogP contribution in [0.1, 0.15) is 6.42 Å². The highest BCUT2D eigenvalue weighted by atomic mass is 16.5. The van der Waals surface area contributed by atoms with Crippen molar-refractivity contribution in [1.82, 2.24) is 19.8 Å². The Labute approximate surface area is 210 Å². The van der Waals surface area contributed by atoms with Gasteiger partial charge in [-0.2, -0.15) is 4.98 Å². The summed E-state index contributed by atoms with van der Waals surface area (Å²) in [5, 5.41) is 0.724. The van der Waals surface area contributed by atoms with Crippen molar-refractivity contribution < 1.29 is 19.0 Å². The van der Waals surface area contributed by atoms with Crippen molar-refractivity contribution in [2.75, 3.05) is 77.3 Å². The SMILES string of the molecule is COc1cc2nc(N3CCCN(C(=O)N4CCOCC4)CC3)nc(N)c2c(-c2ccccc2)c1OC. The first-order chi connectivity index (χ1) is 17.6. The third-order valence-corrected chi connectivity index (χ3v) is 6.74. The van der Waals surface area contributed by atoms with Crippen molar-refractivity contribution >= 4 is 28.7 Å². The van der Waals surface area contributed by atoms with E-state index in [0.29, 0.717) is 74.7 Å². The second kappa shape index (κ2) is 10.4. The van der Waals surface area contributed by atoms with E-state index >= 15 is 0 Å². The fourth-order valence-electron chi connectivity index (χ4n) is 4.91. The van der Waals surface area contributed by atoms with Crippen molar-refractivity contribution in [2.45, 2.75) is 6.42 Å². The predicted octanol–water partition coefficient (Wildman–Crippen LogP) is 2.86. The molecule has 190 valence electrons. The maximum absolute atomic E-state index is 13.0. The Hall–Kier alpha value is -3.79. The summed E-state index contributed by atoms with van der Waals surface area (Å²) in [5.41, 5.74) is 8.99. The molecule has 0 radical (unpaired) electrons. The molecule has 36 heavy (non-hydrogen) atoms. The molecule has 0 spiro atoms. The van der Waals surface area contributed by atoms with Crippen molar-refractivity contribution in [3.8, 4) is 22.6 Å². The minimum Gasteiger partial charge on any atom is -0.493 e. The lowest BCUT2D eigenvalue weighted by Crippen LogP contribution is -2.49. The van der Waals surface area contributed by atoms with Gasteiger partial charge < -0.3 is 34.6 Å². The molecule has 10 nitrogen and oxygen atoms in total. The topological polar surface area (TPSA) is 106 Å². The predicted molar refractivity (Wildman–Crippen MR) is 139 cm³/mol. The van der Waals surface area contributed by atoms with Crippen LogP contribution in [0.4, 0.5) is 16.6 Å². The zero-order valence-corrected chi connectivity index (χ0v) is 20.8. The van der Waals surface area contributed by atoms with Crippen LogP contribution in [0.25, 0.3) is 22.0 Å². The minimum atomic E-state index is 0.0726. The summed E-state index contributed by atoms with van der Waals surface area (Å²) in [4.78, 5) is 28.5. The summed E-state index contributed by atoms with van der Waals surface area (Å²) in [6, 6.07) is 11.8. The fourth-order valence-corrected chi connectivity index (χ4v) is 4.91. The van der Waals surface area contributed by atoms with Crippen molar-refractivity contribution in [1.29, 1.82) is 0 Å². The molecule has 10 heteroatoms. The summed E-state index contributed by atoms with van der Waals surface area (Å²) in [7, 11) is 3.22. The van der Waals surface area contributed by atoms with E-state index in [1.165, 1.54) is 0 Å². The van der Waals surface area contributed by atoms with Crippen LogP contribution in [0.5, 0.6) is 11.5 Å². The number of rotatable bonds is 4. The van der Waals surface area contributed by atoms with Crippen molar-refractivity contribution in [3.05, 3.63) is 36.4 Å². The molecule has 2 aliphatic rings. The molecule has 3 heterocycles. The van der Waals surface area contributed by atoms with Gasteiger partial charge in [-0.05, 0) is 12.0 Å². The Bertz CT molecular complexity index is 1230. The van der Waals surface area contributed by atoms with Gasteiger partial charge in [-0.15, -0.1) is 0 Å². The molecule has 2 N–H and O–H groups in total. The highest BCUT2D eigenvalue weighted by Gasteiger charge is 2.27. The molecule has 0 bridgehead atoms. The third-order valence-electron chi connectivity index (χ3n) is 6.74. The van der Waals surface area contributed by atoms with E-state index in [0.717, 1.165) is 29.5 Å². The number of nitrogens with zero attached hydrogens (tertiary/aromatic N) is 5. The minimum absolute atomic E-state index is 0.0726. The van der Waals surface area contributed by atoms with Gasteiger partial charge in [0.2, 0.25) is 5.95 Å². The number of hydrogen-bond acceptors (Lipinski definition) is 8. The van der Waals surface area contributed by atoms with Gasteiger partial charge in [0.1, 0.15) is 5.82 Å². The van der Waals surface area contributed by atoms with Crippen molar-refractivity contribution in [2.24, 2.45) is 0 Å². The first-order valence-electron chi connectivity index (χ1n) is 12.2. The number of carbonyl (C=O) groups is 1. The summed E-state index contributed by atoms with van der Waals surface area (Å²) in [6.45, 7) is 5.11. The van der Waals surface area contributed by atoms with E-state index in [1.54, 1.807) is 14.2 Å². The van der Waals surface area contributed by atoms with Crippen LogP contribution < -0.4 is 20.1 Å². The highest BCUT2D eigenvalue weighted by molar-refractivity contribution is 6.05. The molecule has 0 saturated carbocycles. The number of fused-ring (bicyclic) bond motifs is 1. The lowest BCUT2D eigenvalue weighted by atomic mass is 9.99. The summed E-state index contributed by atoms with van der Waals surface area (Å²) in [5.74, 6) is 2.09. The van der Waals surface area contributed by atoms with Crippen LogP contribution in [0.3, 0.4) is 0 Å². The number of amides is 2. The lowest BCUT2D eigenvalue weighted by Gasteiger charge is -2.32. The zero-order valence-electron chi connectivity index (χ0n) is 20.8. The Morgan fingerprint density at radius 2 is 1.69 bits per heavy atom. The number of nitrogen functional groups attached to an aromatic ring is 1. The number of methoxy groups -OCH3 is 2. The monoisotopic (exact) mass is 492 g/mol. The smallest absolute Gasteiger partial charge is 0.320 e. The summed E-state index contributed by atoms with van der Waals surface area (Å²) >= 11 is 0. The number of urea groups is 1. The Morgan fingerprint density at radius 1 is 0.944 bits per heavy atom. The van der Waals surface area contributed by atoms with Crippen LogP contribution in [0, 0.1) is 0 Å². The number of benzene rings is 2. The first kappa shape index (κ1) is 23.9. The summed E-state index contributed by atoms with van der Waals surface area (Å²) in [6.07, 6.45) is 0.818. The number of nitrogens with two attached hydrogens (primary N) is 1. The number of hydrogen-bond donors (Lipinski definition) is 1. The Morgan fingerprint density at radius 3 is 2.42 bits per heavy atom. The molecule has 3 aromatic rings. The van der Waals surface area contributed by atoms with E-state index in [4.69, 9.17) is 29.9 Å². The van der Waals surface area contributed by atoms with Crippen LogP contribution in [0.2, 0.25) is 0 Å². The number of morpholine rings is 1. The molecule has 0 atom stereocenters. The Kier molecular flexibility index (Phi) is 6.95. The number of aromatic nitrogens is 2. The fraction of sp³-hybridized carbons (Fsp3) is 0.423. The number of anilines is 2. The highest BCUT2D eigenvalue weighted by Crippen LogP contribution is 2.45. The molecule has 2 aromatic carbocycles. The molecule has 2 aliphatic heterocycles. The van der Waals surface area contributed by atoms with E-state index in [-0.39, 0.29) is 6.03 Å². The Balaban J connectivity index is 1.47. The van der Waals surface area contributed by atoms with E-state index < -0.39 is 0 Å². The van der Waals surface area contributed by atoms with E-state index in [9.17, 15) is 4.79 Å². The van der Waals surface area contributed by atoms with Gasteiger partial charge in [0.05, 0.1) is 38.3 Å². The van der Waals surface area contributed by atoms with Gasteiger partial charge in [-0.3, -0.25) is 0 Å². The maximum atomic E-state index is 13.0. The maximum Gasteiger partial charge on any atom is 0.320 e. The van der Waals surface area contributed by atoms with E-state index in [2.05, 4.69) is 4.90 Å². The standard InChI is InChI=1S/C26H32N6O4/c1-34-20-17-19-22(21(23(20)35-2)18-7-4-3-5-8-18)24(27)29-25(28-19)30-9-6-10-31(12-11-30)26(33)32-13-15-36-16-14-32/h3-5,7-8,17H,6,9-16H2,1-2H3,(H2,27,28,29). The molecule has 1 aromatic heterocycles. The van der Waals surface area contributed by atoms with Crippen molar-refractivity contribution in [3.63, 3.8) is 0 Å². The molecule has 2 amide bonds. The largest absolute Gasteiger partial charge is 0.493 e. The molecule has 0 aliphatic carbocycles. The van der Waals surface area contributed by atoms with Gasteiger partial charge in [0.25, 0.3) is 0 Å².